The van der Waals surface area contributed by atoms with E-state index in [2.05, 4.69) is 10.6 Å². The van der Waals surface area contributed by atoms with Crippen molar-refractivity contribution in [3.63, 3.8) is 0 Å². The lowest BCUT2D eigenvalue weighted by molar-refractivity contribution is -0.134. The Kier molecular flexibility index (Phi) is 6.80. The first-order chi connectivity index (χ1) is 12.3. The number of carbonyl (C=O) groups excluding carboxylic acids is 2. The lowest BCUT2D eigenvalue weighted by atomic mass is 10.1. The van der Waals surface area contributed by atoms with Crippen molar-refractivity contribution in [1.29, 1.82) is 0 Å². The Balaban J connectivity index is 2.02. The quantitative estimate of drug-likeness (QED) is 0.813. The Hall–Kier alpha value is -2.34. The SMILES string of the molecule is COc1ccccc1/C=C/CN1CCNC(=O)C1CC(=O)NC(C)(C)C. The Labute approximate surface area is 155 Å². The topological polar surface area (TPSA) is 70.7 Å². The van der Waals surface area contributed by atoms with E-state index in [0.717, 1.165) is 17.9 Å². The highest BCUT2D eigenvalue weighted by atomic mass is 16.5. The van der Waals surface area contributed by atoms with Gasteiger partial charge >= 0.3 is 0 Å². The van der Waals surface area contributed by atoms with Crippen molar-refractivity contribution in [2.45, 2.75) is 38.8 Å². The standard InChI is InChI=1S/C20H29N3O3/c1-20(2,3)22-18(24)14-16-19(25)21-11-13-23(16)12-7-9-15-8-5-6-10-17(15)26-4/h5-10,16H,11-14H2,1-4H3,(H,21,25)(H,22,24)/b9-7+. The van der Waals surface area contributed by atoms with Crippen molar-refractivity contribution in [2.24, 2.45) is 0 Å². The number of ether oxygens (including phenoxy) is 1. The normalized spacial score (nSPS) is 18.6. The fourth-order valence-corrected chi connectivity index (χ4v) is 2.97. The highest BCUT2D eigenvalue weighted by Gasteiger charge is 2.31. The Morgan fingerprint density at radius 1 is 1.38 bits per heavy atom. The third-order valence-corrected chi connectivity index (χ3v) is 4.11. The van der Waals surface area contributed by atoms with Crippen LogP contribution >= 0.6 is 0 Å². The minimum Gasteiger partial charge on any atom is -0.496 e. The van der Waals surface area contributed by atoms with E-state index in [0.29, 0.717) is 13.1 Å². The number of nitrogens with one attached hydrogen (secondary N) is 2. The Bertz CT molecular complexity index is 665. The van der Waals surface area contributed by atoms with E-state index in [1.165, 1.54) is 0 Å². The molecule has 0 aliphatic carbocycles. The number of methoxy groups -OCH3 is 1. The van der Waals surface area contributed by atoms with Crippen molar-refractivity contribution >= 4 is 17.9 Å². The van der Waals surface area contributed by atoms with Crippen molar-refractivity contribution in [3.05, 3.63) is 35.9 Å². The summed E-state index contributed by atoms with van der Waals surface area (Å²) in [6, 6.07) is 7.32. The van der Waals surface area contributed by atoms with Gasteiger partial charge in [-0.2, -0.15) is 0 Å². The minimum atomic E-state index is -0.451. The molecule has 1 saturated heterocycles. The average Bonchev–Trinajstić information content (AvgIpc) is 2.56. The number of piperazine rings is 1. The fourth-order valence-electron chi connectivity index (χ4n) is 2.97. The zero-order valence-corrected chi connectivity index (χ0v) is 16.0. The maximum Gasteiger partial charge on any atom is 0.237 e. The number of hydrogen-bond acceptors (Lipinski definition) is 4. The Morgan fingerprint density at radius 3 is 2.81 bits per heavy atom. The second kappa shape index (κ2) is 8.85. The summed E-state index contributed by atoms with van der Waals surface area (Å²) in [5.74, 6) is 0.602. The first-order valence-corrected chi connectivity index (χ1v) is 8.92. The maximum atomic E-state index is 12.3. The van der Waals surface area contributed by atoms with Gasteiger partial charge in [-0.3, -0.25) is 14.5 Å². The van der Waals surface area contributed by atoms with Crippen LogP contribution in [0.2, 0.25) is 0 Å². The number of carbonyl (C=O) groups is 2. The van der Waals surface area contributed by atoms with Crippen LogP contribution in [-0.4, -0.2) is 55.0 Å². The summed E-state index contributed by atoms with van der Waals surface area (Å²) in [5.41, 5.74) is 0.676. The van der Waals surface area contributed by atoms with E-state index in [1.54, 1.807) is 7.11 Å². The van der Waals surface area contributed by atoms with Gasteiger partial charge in [0.2, 0.25) is 11.8 Å². The van der Waals surface area contributed by atoms with Gasteiger partial charge in [-0.1, -0.05) is 30.4 Å². The number of para-hydroxylation sites is 1. The second-order valence-electron chi connectivity index (χ2n) is 7.45. The predicted octanol–water partition coefficient (Wildman–Crippen LogP) is 1.81. The molecule has 6 nitrogen and oxygen atoms in total. The smallest absolute Gasteiger partial charge is 0.237 e. The van der Waals surface area contributed by atoms with Gasteiger partial charge in [0, 0.05) is 30.7 Å². The van der Waals surface area contributed by atoms with E-state index in [1.807, 2.05) is 62.1 Å². The van der Waals surface area contributed by atoms with Crippen LogP contribution in [0.1, 0.15) is 32.8 Å². The molecule has 1 aromatic carbocycles. The van der Waals surface area contributed by atoms with E-state index >= 15 is 0 Å². The molecule has 0 aromatic heterocycles. The van der Waals surface area contributed by atoms with Crippen LogP contribution in [-0.2, 0) is 9.59 Å². The molecule has 6 heteroatoms. The van der Waals surface area contributed by atoms with Gasteiger partial charge in [0.15, 0.2) is 0 Å². The summed E-state index contributed by atoms with van der Waals surface area (Å²) in [5, 5.41) is 5.78. The van der Waals surface area contributed by atoms with Crippen LogP contribution in [0.15, 0.2) is 30.3 Å². The average molecular weight is 359 g/mol. The molecule has 0 saturated carbocycles. The number of nitrogens with zero attached hydrogens (tertiary/aromatic N) is 1. The zero-order valence-electron chi connectivity index (χ0n) is 16.0. The van der Waals surface area contributed by atoms with Gasteiger partial charge in [-0.05, 0) is 26.8 Å². The van der Waals surface area contributed by atoms with Crippen LogP contribution in [0.3, 0.4) is 0 Å². The van der Waals surface area contributed by atoms with E-state index < -0.39 is 6.04 Å². The number of hydrogen-bond donors (Lipinski definition) is 2. The molecule has 1 aromatic rings. The van der Waals surface area contributed by atoms with E-state index in [4.69, 9.17) is 4.74 Å². The van der Waals surface area contributed by atoms with Crippen LogP contribution in [0.5, 0.6) is 5.75 Å². The molecule has 1 fully saturated rings. The molecular formula is C20H29N3O3. The number of rotatable bonds is 6. The molecule has 0 spiro atoms. The van der Waals surface area contributed by atoms with Gasteiger partial charge in [0.05, 0.1) is 19.6 Å². The molecule has 1 aliphatic heterocycles. The summed E-state index contributed by atoms with van der Waals surface area (Å²) < 4.78 is 5.34. The van der Waals surface area contributed by atoms with Gasteiger partial charge in [-0.25, -0.2) is 0 Å². The molecule has 142 valence electrons. The number of amides is 2. The molecule has 26 heavy (non-hydrogen) atoms. The fraction of sp³-hybridized carbons (Fsp3) is 0.500. The molecule has 1 unspecified atom stereocenters. The van der Waals surface area contributed by atoms with E-state index in [-0.39, 0.29) is 23.8 Å². The highest BCUT2D eigenvalue weighted by molar-refractivity contribution is 5.89. The van der Waals surface area contributed by atoms with Gasteiger partial charge in [0.25, 0.3) is 0 Å². The van der Waals surface area contributed by atoms with Crippen LogP contribution in [0.25, 0.3) is 6.08 Å². The van der Waals surface area contributed by atoms with Crippen molar-refractivity contribution in [1.82, 2.24) is 15.5 Å². The highest BCUT2D eigenvalue weighted by Crippen LogP contribution is 2.19. The maximum absolute atomic E-state index is 12.3. The van der Waals surface area contributed by atoms with Crippen molar-refractivity contribution < 1.29 is 14.3 Å². The van der Waals surface area contributed by atoms with Crippen LogP contribution < -0.4 is 15.4 Å². The molecule has 2 rings (SSSR count). The van der Waals surface area contributed by atoms with Crippen LogP contribution in [0.4, 0.5) is 0 Å². The Morgan fingerprint density at radius 2 is 2.12 bits per heavy atom. The molecule has 2 amide bonds. The zero-order chi connectivity index (χ0) is 19.2. The molecule has 2 N–H and O–H groups in total. The molecule has 0 bridgehead atoms. The van der Waals surface area contributed by atoms with Gasteiger partial charge in [-0.15, -0.1) is 0 Å². The minimum absolute atomic E-state index is 0.0917. The summed E-state index contributed by atoms with van der Waals surface area (Å²) in [6.45, 7) is 7.70. The number of benzene rings is 1. The van der Waals surface area contributed by atoms with Gasteiger partial charge in [0.1, 0.15) is 5.75 Å². The summed E-state index contributed by atoms with van der Waals surface area (Å²) in [6.07, 6.45) is 4.15. The molecule has 1 atom stereocenters. The lowest BCUT2D eigenvalue weighted by Crippen LogP contribution is -2.57. The van der Waals surface area contributed by atoms with E-state index in [9.17, 15) is 9.59 Å². The van der Waals surface area contributed by atoms with Crippen molar-refractivity contribution in [3.8, 4) is 5.75 Å². The summed E-state index contributed by atoms with van der Waals surface area (Å²) in [4.78, 5) is 26.5. The molecule has 1 aliphatic rings. The lowest BCUT2D eigenvalue weighted by Gasteiger charge is -2.34. The largest absolute Gasteiger partial charge is 0.496 e. The van der Waals surface area contributed by atoms with Crippen molar-refractivity contribution in [2.75, 3.05) is 26.7 Å². The predicted molar refractivity (Wildman–Crippen MR) is 103 cm³/mol. The monoisotopic (exact) mass is 359 g/mol. The first kappa shape index (κ1) is 20.0. The first-order valence-electron chi connectivity index (χ1n) is 8.92. The van der Waals surface area contributed by atoms with Gasteiger partial charge < -0.3 is 15.4 Å². The summed E-state index contributed by atoms with van der Waals surface area (Å²) in [7, 11) is 1.64. The second-order valence-corrected chi connectivity index (χ2v) is 7.45. The molecule has 0 radical (unpaired) electrons. The molecular weight excluding hydrogens is 330 g/mol. The summed E-state index contributed by atoms with van der Waals surface area (Å²) >= 11 is 0. The third-order valence-electron chi connectivity index (χ3n) is 4.11. The molecule has 1 heterocycles. The third kappa shape index (κ3) is 5.88. The van der Waals surface area contributed by atoms with Crippen LogP contribution in [0, 0.1) is 0 Å².